The SMILES string of the molecule is CCOc1ccc(C(c2c(NC(=O)c3ccco3)sc3c2CCCC3)N2CCC(C)CC2)cc1. The lowest BCUT2D eigenvalue weighted by molar-refractivity contribution is 0.0996. The number of aryl methyl sites for hydroxylation is 1. The number of carbonyl (C=O) groups excluding carboxylic acids is 1. The molecule has 0 saturated carbocycles. The summed E-state index contributed by atoms with van der Waals surface area (Å²) in [6.07, 6.45) is 8.55. The summed E-state index contributed by atoms with van der Waals surface area (Å²) in [5.74, 6) is 1.83. The molecule has 1 unspecified atom stereocenters. The zero-order valence-electron chi connectivity index (χ0n) is 20.1. The van der Waals surface area contributed by atoms with Crippen molar-refractivity contribution in [3.8, 4) is 5.75 Å². The van der Waals surface area contributed by atoms with Gasteiger partial charge in [-0.15, -0.1) is 11.3 Å². The highest BCUT2D eigenvalue weighted by Crippen LogP contribution is 2.46. The van der Waals surface area contributed by atoms with E-state index in [1.54, 1.807) is 29.7 Å². The van der Waals surface area contributed by atoms with Crippen molar-refractivity contribution in [2.75, 3.05) is 25.0 Å². The molecule has 0 bridgehead atoms. The van der Waals surface area contributed by atoms with Crippen LogP contribution in [0.4, 0.5) is 5.00 Å². The van der Waals surface area contributed by atoms with Gasteiger partial charge in [-0.2, -0.15) is 0 Å². The number of amides is 1. The van der Waals surface area contributed by atoms with Crippen molar-refractivity contribution in [3.05, 3.63) is 70.0 Å². The van der Waals surface area contributed by atoms with E-state index in [9.17, 15) is 4.79 Å². The Bertz CT molecular complexity index is 1100. The van der Waals surface area contributed by atoms with Crippen LogP contribution in [-0.2, 0) is 12.8 Å². The van der Waals surface area contributed by atoms with Crippen molar-refractivity contribution in [3.63, 3.8) is 0 Å². The molecule has 1 amide bonds. The number of nitrogens with one attached hydrogen (secondary N) is 1. The van der Waals surface area contributed by atoms with Gasteiger partial charge in [0.1, 0.15) is 10.8 Å². The molecule has 1 aliphatic heterocycles. The maximum absolute atomic E-state index is 13.0. The van der Waals surface area contributed by atoms with E-state index in [4.69, 9.17) is 9.15 Å². The molecule has 1 N–H and O–H groups in total. The average molecular weight is 479 g/mol. The van der Waals surface area contributed by atoms with E-state index in [1.165, 1.54) is 47.3 Å². The van der Waals surface area contributed by atoms with Crippen LogP contribution in [0.2, 0.25) is 0 Å². The van der Waals surface area contributed by atoms with Gasteiger partial charge in [-0.3, -0.25) is 9.69 Å². The van der Waals surface area contributed by atoms with Crippen LogP contribution in [0.3, 0.4) is 0 Å². The molecule has 0 radical (unpaired) electrons. The van der Waals surface area contributed by atoms with Gasteiger partial charge in [-0.1, -0.05) is 19.1 Å². The number of piperidine rings is 1. The quantitative estimate of drug-likeness (QED) is 0.411. The number of fused-ring (bicyclic) bond motifs is 1. The number of hydrogen-bond acceptors (Lipinski definition) is 5. The van der Waals surface area contributed by atoms with E-state index in [1.807, 2.05) is 6.92 Å². The number of nitrogens with zero attached hydrogens (tertiary/aromatic N) is 1. The molecule has 1 atom stereocenters. The minimum Gasteiger partial charge on any atom is -0.494 e. The lowest BCUT2D eigenvalue weighted by atomic mass is 9.87. The fraction of sp³-hybridized carbons (Fsp3) is 0.464. The van der Waals surface area contributed by atoms with Gasteiger partial charge in [0.05, 0.1) is 18.9 Å². The lowest BCUT2D eigenvalue weighted by Gasteiger charge is -2.38. The first-order valence-corrected chi connectivity index (χ1v) is 13.4. The zero-order chi connectivity index (χ0) is 23.5. The first-order chi connectivity index (χ1) is 16.6. The third-order valence-corrected chi connectivity index (χ3v) is 8.37. The highest BCUT2D eigenvalue weighted by atomic mass is 32.1. The predicted molar refractivity (Wildman–Crippen MR) is 137 cm³/mol. The summed E-state index contributed by atoms with van der Waals surface area (Å²) in [5.41, 5.74) is 4.00. The van der Waals surface area contributed by atoms with Crippen molar-refractivity contribution in [2.45, 2.75) is 58.4 Å². The Labute approximate surface area is 206 Å². The smallest absolute Gasteiger partial charge is 0.291 e. The molecule has 5 nitrogen and oxygen atoms in total. The maximum Gasteiger partial charge on any atom is 0.291 e. The van der Waals surface area contributed by atoms with Crippen LogP contribution in [0.1, 0.15) is 77.7 Å². The summed E-state index contributed by atoms with van der Waals surface area (Å²) in [6, 6.07) is 12.2. The van der Waals surface area contributed by atoms with Gasteiger partial charge < -0.3 is 14.5 Å². The Kier molecular flexibility index (Phi) is 7.07. The molecule has 2 aliphatic rings. The third-order valence-electron chi connectivity index (χ3n) is 7.15. The van der Waals surface area contributed by atoms with Gasteiger partial charge in [0, 0.05) is 10.4 Å². The Morgan fingerprint density at radius 1 is 1.18 bits per heavy atom. The molecule has 3 aromatic rings. The van der Waals surface area contributed by atoms with E-state index < -0.39 is 0 Å². The van der Waals surface area contributed by atoms with Gasteiger partial charge in [0.25, 0.3) is 5.91 Å². The van der Waals surface area contributed by atoms with Gasteiger partial charge in [0.2, 0.25) is 0 Å². The normalized spacial score (nSPS) is 17.8. The third kappa shape index (κ3) is 4.80. The fourth-order valence-corrected chi connectivity index (χ4v) is 6.62. The molecule has 1 fully saturated rings. The summed E-state index contributed by atoms with van der Waals surface area (Å²) in [7, 11) is 0. The highest BCUT2D eigenvalue weighted by molar-refractivity contribution is 7.16. The number of benzene rings is 1. The molecule has 180 valence electrons. The molecule has 0 spiro atoms. The van der Waals surface area contributed by atoms with Crippen LogP contribution in [0.5, 0.6) is 5.75 Å². The fourth-order valence-electron chi connectivity index (χ4n) is 5.30. The second kappa shape index (κ2) is 10.4. The summed E-state index contributed by atoms with van der Waals surface area (Å²) in [5, 5.41) is 4.21. The Balaban J connectivity index is 1.58. The van der Waals surface area contributed by atoms with Crippen molar-refractivity contribution in [2.24, 2.45) is 5.92 Å². The molecule has 1 aliphatic carbocycles. The molecule has 34 heavy (non-hydrogen) atoms. The van der Waals surface area contributed by atoms with Crippen molar-refractivity contribution >= 4 is 22.2 Å². The number of carbonyl (C=O) groups is 1. The van der Waals surface area contributed by atoms with E-state index >= 15 is 0 Å². The van der Waals surface area contributed by atoms with Crippen LogP contribution in [0.15, 0.2) is 47.1 Å². The second-order valence-corrected chi connectivity index (χ2v) is 10.6. The minimum absolute atomic E-state index is 0.119. The number of ether oxygens (including phenoxy) is 1. The minimum atomic E-state index is -0.178. The molecule has 3 heterocycles. The van der Waals surface area contributed by atoms with E-state index in [2.05, 4.69) is 41.4 Å². The first-order valence-electron chi connectivity index (χ1n) is 12.6. The van der Waals surface area contributed by atoms with Crippen molar-refractivity contribution < 1.29 is 13.9 Å². The first kappa shape index (κ1) is 23.2. The van der Waals surface area contributed by atoms with Crippen LogP contribution in [0, 0.1) is 5.92 Å². The van der Waals surface area contributed by atoms with Crippen molar-refractivity contribution in [1.29, 1.82) is 0 Å². The standard InChI is InChI=1S/C28H34N2O3S/c1-3-32-21-12-10-20(11-13-21)26(30-16-14-19(2)15-17-30)25-22-7-4-5-9-24(22)34-28(25)29-27(31)23-8-6-18-33-23/h6,8,10-13,18-19,26H,3-5,7,9,14-17H2,1-2H3,(H,29,31). The lowest BCUT2D eigenvalue weighted by Crippen LogP contribution is -2.37. The monoisotopic (exact) mass is 478 g/mol. The summed E-state index contributed by atoms with van der Waals surface area (Å²) in [6.45, 7) is 7.15. The van der Waals surface area contributed by atoms with Gasteiger partial charge >= 0.3 is 0 Å². The molecule has 2 aromatic heterocycles. The number of thiophene rings is 1. The highest BCUT2D eigenvalue weighted by Gasteiger charge is 2.33. The summed E-state index contributed by atoms with van der Waals surface area (Å²) >= 11 is 1.76. The van der Waals surface area contributed by atoms with Gasteiger partial charge in [-0.25, -0.2) is 0 Å². The molecule has 1 saturated heterocycles. The maximum atomic E-state index is 13.0. The Morgan fingerprint density at radius 3 is 2.65 bits per heavy atom. The van der Waals surface area contributed by atoms with Crippen LogP contribution < -0.4 is 10.1 Å². The van der Waals surface area contributed by atoms with Gasteiger partial charge in [0.15, 0.2) is 5.76 Å². The second-order valence-electron chi connectivity index (χ2n) is 9.51. The number of rotatable bonds is 7. The molecule has 6 heteroatoms. The van der Waals surface area contributed by atoms with Crippen LogP contribution >= 0.6 is 11.3 Å². The van der Waals surface area contributed by atoms with Gasteiger partial charge in [-0.05, 0) is 99.8 Å². The number of likely N-dealkylation sites (tertiary alicyclic amines) is 1. The van der Waals surface area contributed by atoms with E-state index in [-0.39, 0.29) is 11.9 Å². The average Bonchev–Trinajstić information content (AvgIpc) is 3.51. The molecule has 5 rings (SSSR count). The number of anilines is 1. The van der Waals surface area contributed by atoms with E-state index in [0.29, 0.717) is 12.4 Å². The molecular formula is C28H34N2O3S. The predicted octanol–water partition coefficient (Wildman–Crippen LogP) is 6.69. The topological polar surface area (TPSA) is 54.7 Å². The number of furan rings is 1. The Hall–Kier alpha value is -2.57. The van der Waals surface area contributed by atoms with Crippen LogP contribution in [-0.4, -0.2) is 30.5 Å². The summed E-state index contributed by atoms with van der Waals surface area (Å²) < 4.78 is 11.1. The Morgan fingerprint density at radius 2 is 1.94 bits per heavy atom. The van der Waals surface area contributed by atoms with E-state index in [0.717, 1.165) is 42.6 Å². The molecular weight excluding hydrogens is 444 g/mol. The zero-order valence-corrected chi connectivity index (χ0v) is 21.0. The van der Waals surface area contributed by atoms with Crippen LogP contribution in [0.25, 0.3) is 0 Å². The number of hydrogen-bond donors (Lipinski definition) is 1. The molecule has 1 aromatic carbocycles. The summed E-state index contributed by atoms with van der Waals surface area (Å²) in [4.78, 5) is 17.1. The van der Waals surface area contributed by atoms with Crippen molar-refractivity contribution in [1.82, 2.24) is 4.90 Å². The largest absolute Gasteiger partial charge is 0.494 e.